The lowest BCUT2D eigenvalue weighted by molar-refractivity contribution is 0.0984. The van der Waals surface area contributed by atoms with Crippen LogP contribution in [-0.2, 0) is 12.8 Å². The van der Waals surface area contributed by atoms with Gasteiger partial charge in [-0.3, -0.25) is 9.69 Å². The molecule has 6 nitrogen and oxygen atoms in total. The van der Waals surface area contributed by atoms with Crippen molar-refractivity contribution in [1.82, 2.24) is 9.88 Å². The van der Waals surface area contributed by atoms with Crippen molar-refractivity contribution in [2.24, 2.45) is 5.73 Å². The van der Waals surface area contributed by atoms with Crippen molar-refractivity contribution < 1.29 is 18.7 Å². The van der Waals surface area contributed by atoms with Crippen molar-refractivity contribution in [3.63, 3.8) is 0 Å². The Morgan fingerprint density at radius 2 is 2.09 bits per heavy atom. The van der Waals surface area contributed by atoms with E-state index >= 15 is 0 Å². The molecule has 3 N–H and O–H groups in total. The summed E-state index contributed by atoms with van der Waals surface area (Å²) in [4.78, 5) is 17.7. The third kappa shape index (κ3) is 4.98. The van der Waals surface area contributed by atoms with E-state index in [9.17, 15) is 9.18 Å². The summed E-state index contributed by atoms with van der Waals surface area (Å²) >= 11 is 0. The van der Waals surface area contributed by atoms with Crippen molar-refractivity contribution in [1.29, 1.82) is 0 Å². The molecule has 3 aromatic rings. The number of amides is 1. The molecule has 0 bridgehead atoms. The Kier molecular flexibility index (Phi) is 7.18. The molecule has 0 saturated carbocycles. The summed E-state index contributed by atoms with van der Waals surface area (Å²) in [7, 11) is 1.60. The smallest absolute Gasteiger partial charge is 0.249 e. The van der Waals surface area contributed by atoms with Crippen LogP contribution in [0.1, 0.15) is 47.7 Å². The van der Waals surface area contributed by atoms with Crippen LogP contribution in [0.3, 0.4) is 0 Å². The molecule has 1 unspecified atom stereocenters. The van der Waals surface area contributed by atoms with Crippen LogP contribution in [0.4, 0.5) is 4.39 Å². The number of hydrogen-bond donors (Lipinski definition) is 2. The van der Waals surface area contributed by atoms with Crippen molar-refractivity contribution in [3.05, 3.63) is 59.0 Å². The molecular formula is C26H32FN3O3. The van der Waals surface area contributed by atoms with Gasteiger partial charge in [-0.05, 0) is 74.7 Å². The number of aromatic amines is 1. The number of nitrogens with zero attached hydrogens (tertiary/aromatic N) is 1. The zero-order valence-corrected chi connectivity index (χ0v) is 19.3. The Bertz CT molecular complexity index is 1130. The van der Waals surface area contributed by atoms with Gasteiger partial charge in [0.2, 0.25) is 5.91 Å². The maximum Gasteiger partial charge on any atom is 0.249 e. The van der Waals surface area contributed by atoms with E-state index in [1.54, 1.807) is 31.4 Å². The van der Waals surface area contributed by atoms with Gasteiger partial charge in [0.05, 0.1) is 7.11 Å². The molecule has 0 aliphatic carbocycles. The fourth-order valence-electron chi connectivity index (χ4n) is 4.74. The topological polar surface area (TPSA) is 80.6 Å². The third-order valence-electron chi connectivity index (χ3n) is 6.51. The molecule has 0 spiro atoms. The van der Waals surface area contributed by atoms with Crippen LogP contribution in [-0.4, -0.2) is 48.6 Å². The molecule has 4 rings (SSSR count). The van der Waals surface area contributed by atoms with Gasteiger partial charge in [-0.25, -0.2) is 4.39 Å². The van der Waals surface area contributed by atoms with Gasteiger partial charge in [-0.2, -0.15) is 0 Å². The van der Waals surface area contributed by atoms with Crippen LogP contribution >= 0.6 is 0 Å². The van der Waals surface area contributed by atoms with E-state index in [2.05, 4.69) is 16.8 Å². The van der Waals surface area contributed by atoms with E-state index in [4.69, 9.17) is 15.2 Å². The molecule has 176 valence electrons. The van der Waals surface area contributed by atoms with E-state index in [1.807, 2.05) is 6.20 Å². The minimum atomic E-state index is -0.454. The minimum Gasteiger partial charge on any atom is -0.493 e. The molecule has 1 atom stereocenters. The number of benzene rings is 2. The zero-order valence-electron chi connectivity index (χ0n) is 19.3. The van der Waals surface area contributed by atoms with Crippen molar-refractivity contribution in [2.75, 3.05) is 26.8 Å². The number of carbonyl (C=O) groups is 1. The predicted molar refractivity (Wildman–Crippen MR) is 128 cm³/mol. The largest absolute Gasteiger partial charge is 0.493 e. The van der Waals surface area contributed by atoms with Gasteiger partial charge in [0.1, 0.15) is 12.4 Å². The van der Waals surface area contributed by atoms with Gasteiger partial charge in [0.25, 0.3) is 0 Å². The van der Waals surface area contributed by atoms with Gasteiger partial charge < -0.3 is 20.2 Å². The lowest BCUT2D eigenvalue weighted by atomic mass is 9.95. The van der Waals surface area contributed by atoms with Gasteiger partial charge >= 0.3 is 0 Å². The molecular weight excluding hydrogens is 421 g/mol. The molecule has 0 saturated heterocycles. The highest BCUT2D eigenvalue weighted by molar-refractivity contribution is 5.95. The number of ether oxygens (including phenoxy) is 2. The highest BCUT2D eigenvalue weighted by Gasteiger charge is 2.30. The minimum absolute atomic E-state index is 0.148. The van der Waals surface area contributed by atoms with E-state index in [-0.39, 0.29) is 11.9 Å². The summed E-state index contributed by atoms with van der Waals surface area (Å²) < 4.78 is 25.3. The van der Waals surface area contributed by atoms with Crippen molar-refractivity contribution in [2.45, 2.75) is 45.1 Å². The van der Waals surface area contributed by atoms with E-state index in [0.717, 1.165) is 60.8 Å². The summed E-state index contributed by atoms with van der Waals surface area (Å²) in [5, 5.41) is 0.947. The SMILES string of the molecule is CCCCN(CCCc1c[nH]c2ccc(F)cc12)C1COc2c(OC)ccc(C(N)=O)c2C1. The predicted octanol–water partition coefficient (Wildman–Crippen LogP) is 4.45. The standard InChI is InChI=1S/C26H32FN3O3/c1-3-4-11-30(12-5-6-17-15-29-23-9-7-18(27)13-21(17)23)19-14-22-20(26(28)31)8-10-24(32-2)25(22)33-16-19/h7-10,13,15,19,29H,3-6,11-12,14,16H2,1-2H3,(H2,28,31). The second-order valence-corrected chi connectivity index (χ2v) is 8.65. The molecule has 7 heteroatoms. The van der Waals surface area contributed by atoms with E-state index in [1.165, 1.54) is 6.07 Å². The highest BCUT2D eigenvalue weighted by atomic mass is 19.1. The summed E-state index contributed by atoms with van der Waals surface area (Å²) in [5.41, 5.74) is 9.05. The molecule has 1 aromatic heterocycles. The van der Waals surface area contributed by atoms with Crippen LogP contribution in [0.5, 0.6) is 11.5 Å². The summed E-state index contributed by atoms with van der Waals surface area (Å²) in [6, 6.07) is 8.46. The monoisotopic (exact) mass is 453 g/mol. The first-order chi connectivity index (χ1) is 16.0. The molecule has 0 fully saturated rings. The second kappa shape index (κ2) is 10.3. The normalized spacial score (nSPS) is 15.5. The molecule has 1 aliphatic heterocycles. The maximum atomic E-state index is 13.7. The first-order valence-corrected chi connectivity index (χ1v) is 11.6. The second-order valence-electron chi connectivity index (χ2n) is 8.65. The van der Waals surface area contributed by atoms with Crippen LogP contribution < -0.4 is 15.2 Å². The number of unbranched alkanes of at least 4 members (excludes halogenated alkanes) is 1. The molecule has 2 aromatic carbocycles. The number of primary amides is 1. The summed E-state index contributed by atoms with van der Waals surface area (Å²) in [6.07, 6.45) is 6.65. The molecule has 0 radical (unpaired) electrons. The Balaban J connectivity index is 1.49. The molecule has 33 heavy (non-hydrogen) atoms. The number of hydrogen-bond acceptors (Lipinski definition) is 4. The lowest BCUT2D eigenvalue weighted by Crippen LogP contribution is -2.44. The number of aromatic nitrogens is 1. The van der Waals surface area contributed by atoms with Crippen LogP contribution in [0.15, 0.2) is 36.5 Å². The number of carbonyl (C=O) groups excluding carboxylic acids is 1. The molecule has 2 heterocycles. The highest BCUT2D eigenvalue weighted by Crippen LogP contribution is 2.38. The van der Waals surface area contributed by atoms with Crippen LogP contribution in [0.25, 0.3) is 10.9 Å². The van der Waals surface area contributed by atoms with Crippen LogP contribution in [0, 0.1) is 5.82 Å². The fraction of sp³-hybridized carbons (Fsp3) is 0.423. The van der Waals surface area contributed by atoms with Crippen molar-refractivity contribution in [3.8, 4) is 11.5 Å². The quantitative estimate of drug-likeness (QED) is 0.475. The Labute approximate surface area is 193 Å². The number of halogens is 1. The maximum absolute atomic E-state index is 13.7. The first kappa shape index (κ1) is 23.1. The zero-order chi connectivity index (χ0) is 23.4. The first-order valence-electron chi connectivity index (χ1n) is 11.6. The van der Waals surface area contributed by atoms with Crippen LogP contribution in [0.2, 0.25) is 0 Å². The Morgan fingerprint density at radius 3 is 2.85 bits per heavy atom. The Hall–Kier alpha value is -3.06. The van der Waals surface area contributed by atoms with Gasteiger partial charge in [-0.1, -0.05) is 13.3 Å². The number of H-pyrrole nitrogens is 1. The lowest BCUT2D eigenvalue weighted by Gasteiger charge is -2.36. The van der Waals surface area contributed by atoms with Gasteiger partial charge in [0, 0.05) is 34.3 Å². The fourth-order valence-corrected chi connectivity index (χ4v) is 4.74. The third-order valence-corrected chi connectivity index (χ3v) is 6.51. The molecule has 1 amide bonds. The number of fused-ring (bicyclic) bond motifs is 2. The van der Waals surface area contributed by atoms with Gasteiger partial charge in [-0.15, -0.1) is 0 Å². The van der Waals surface area contributed by atoms with Gasteiger partial charge in [0.15, 0.2) is 11.5 Å². The summed E-state index contributed by atoms with van der Waals surface area (Å²) in [5.74, 6) is 0.581. The van der Waals surface area contributed by atoms with Crippen molar-refractivity contribution >= 4 is 16.8 Å². The van der Waals surface area contributed by atoms with E-state index in [0.29, 0.717) is 30.1 Å². The number of nitrogens with one attached hydrogen (secondary N) is 1. The summed E-state index contributed by atoms with van der Waals surface area (Å²) in [6.45, 7) is 4.56. The molecule has 1 aliphatic rings. The number of rotatable bonds is 10. The number of methoxy groups -OCH3 is 1. The average molecular weight is 454 g/mol. The Morgan fingerprint density at radius 1 is 1.27 bits per heavy atom. The number of aryl methyl sites for hydroxylation is 1. The number of nitrogens with two attached hydrogens (primary N) is 1. The average Bonchev–Trinajstić information content (AvgIpc) is 3.21. The van der Waals surface area contributed by atoms with E-state index < -0.39 is 5.91 Å².